The average molecular weight is 666 g/mol. The van der Waals surface area contributed by atoms with Gasteiger partial charge in [0.2, 0.25) is 5.91 Å². The van der Waals surface area contributed by atoms with E-state index in [9.17, 15) is 27.9 Å². The Morgan fingerprint density at radius 2 is 1.56 bits per heavy atom. The fraction of sp³-hybridized carbons (Fsp3) is 0.459. The van der Waals surface area contributed by atoms with Crippen LogP contribution in [0.4, 0.5) is 13.2 Å². The number of aliphatic hydroxyl groups is 1. The first kappa shape index (κ1) is 34.1. The highest BCUT2D eigenvalue weighted by Crippen LogP contribution is 2.39. The lowest BCUT2D eigenvalue weighted by Gasteiger charge is -2.39. The van der Waals surface area contributed by atoms with Crippen molar-refractivity contribution in [2.45, 2.75) is 82.4 Å². The minimum Gasteiger partial charge on any atom is -0.392 e. The Bertz CT molecular complexity index is 1540. The van der Waals surface area contributed by atoms with Crippen LogP contribution in [0.3, 0.4) is 0 Å². The second-order valence-electron chi connectivity index (χ2n) is 12.9. The van der Waals surface area contributed by atoms with Crippen molar-refractivity contribution in [1.29, 1.82) is 0 Å². The molecule has 0 spiro atoms. The zero-order valence-corrected chi connectivity index (χ0v) is 26.8. The van der Waals surface area contributed by atoms with Gasteiger partial charge in [0.1, 0.15) is 6.04 Å². The highest BCUT2D eigenvalue weighted by Gasteiger charge is 2.47. The van der Waals surface area contributed by atoms with Crippen molar-refractivity contribution in [3.8, 4) is 11.1 Å². The molecule has 3 aromatic carbocycles. The van der Waals surface area contributed by atoms with E-state index < -0.39 is 30.3 Å². The van der Waals surface area contributed by atoms with Crippen molar-refractivity contribution < 1.29 is 37.3 Å². The van der Waals surface area contributed by atoms with Gasteiger partial charge in [0.15, 0.2) is 6.29 Å². The van der Waals surface area contributed by atoms with Crippen molar-refractivity contribution >= 4 is 11.8 Å². The Morgan fingerprint density at radius 1 is 0.833 bits per heavy atom. The summed E-state index contributed by atoms with van der Waals surface area (Å²) in [6.45, 7) is 3.04. The number of aliphatic hydroxyl groups excluding tert-OH is 1. The fourth-order valence-corrected chi connectivity index (χ4v) is 6.91. The number of hydrogen-bond donors (Lipinski definition) is 2. The first-order valence-corrected chi connectivity index (χ1v) is 16.8. The van der Waals surface area contributed by atoms with Crippen LogP contribution >= 0.6 is 0 Å². The molecule has 0 saturated carbocycles. The Morgan fingerprint density at radius 3 is 2.27 bits per heavy atom. The molecule has 8 nitrogen and oxygen atoms in total. The normalized spacial score (nSPS) is 23.6. The Balaban J connectivity index is 1.12. The average Bonchev–Trinajstić information content (AvgIpc) is 3.60. The first-order valence-electron chi connectivity index (χ1n) is 16.8. The van der Waals surface area contributed by atoms with Gasteiger partial charge in [-0.15, -0.1) is 0 Å². The largest absolute Gasteiger partial charge is 0.471 e. The molecule has 4 unspecified atom stereocenters. The van der Waals surface area contributed by atoms with Gasteiger partial charge in [-0.3, -0.25) is 9.59 Å². The molecular weight excluding hydrogens is 623 g/mol. The topological polar surface area (TPSA) is 91.3 Å². The summed E-state index contributed by atoms with van der Waals surface area (Å²) in [7, 11) is 0. The second kappa shape index (κ2) is 15.2. The third-order valence-electron chi connectivity index (χ3n) is 9.49. The molecule has 0 bridgehead atoms. The number of benzene rings is 3. The van der Waals surface area contributed by atoms with E-state index in [4.69, 9.17) is 9.47 Å². The maximum Gasteiger partial charge on any atom is 0.471 e. The summed E-state index contributed by atoms with van der Waals surface area (Å²) in [6, 6.07) is 22.3. The molecule has 0 radical (unpaired) electrons. The van der Waals surface area contributed by atoms with E-state index in [-0.39, 0.29) is 38.3 Å². The van der Waals surface area contributed by atoms with Crippen LogP contribution in [0.5, 0.6) is 0 Å². The maximum absolute atomic E-state index is 13.0. The molecule has 0 aromatic heterocycles. The zero-order valence-electron chi connectivity index (χ0n) is 26.8. The maximum atomic E-state index is 13.0. The van der Waals surface area contributed by atoms with Crippen molar-refractivity contribution in [3.05, 3.63) is 95.1 Å². The van der Waals surface area contributed by atoms with Gasteiger partial charge in [-0.05, 0) is 72.7 Å². The van der Waals surface area contributed by atoms with Gasteiger partial charge in [-0.2, -0.15) is 13.2 Å². The van der Waals surface area contributed by atoms with Gasteiger partial charge in [0.25, 0.3) is 0 Å². The van der Waals surface area contributed by atoms with E-state index in [2.05, 4.69) is 10.2 Å². The first-order chi connectivity index (χ1) is 23.2. The smallest absolute Gasteiger partial charge is 0.392 e. The Labute approximate surface area is 278 Å². The lowest BCUT2D eigenvalue weighted by atomic mass is 9.98. The fourth-order valence-electron chi connectivity index (χ4n) is 6.91. The number of nitrogens with zero attached hydrogens (tertiary/aromatic N) is 2. The molecule has 6 rings (SSSR count). The summed E-state index contributed by atoms with van der Waals surface area (Å²) >= 11 is 0. The van der Waals surface area contributed by atoms with E-state index in [1.165, 1.54) is 19.3 Å². The van der Waals surface area contributed by atoms with Crippen LogP contribution in [0, 0.1) is 0 Å². The molecule has 3 saturated heterocycles. The summed E-state index contributed by atoms with van der Waals surface area (Å²) < 4.78 is 52.0. The predicted octanol–water partition coefficient (Wildman–Crippen LogP) is 6.05. The van der Waals surface area contributed by atoms with Gasteiger partial charge in [0.05, 0.1) is 18.8 Å². The van der Waals surface area contributed by atoms with Gasteiger partial charge >= 0.3 is 12.1 Å². The Kier molecular flexibility index (Phi) is 10.8. The molecule has 3 aliphatic heterocycles. The number of nitrogens with one attached hydrogen (secondary N) is 1. The summed E-state index contributed by atoms with van der Waals surface area (Å²) in [5.41, 5.74) is 5.45. The number of carbonyl (C=O) groups excluding carboxylic acids is 2. The van der Waals surface area contributed by atoms with Crippen LogP contribution in [-0.2, 0) is 32.2 Å². The van der Waals surface area contributed by atoms with Crippen molar-refractivity contribution in [2.24, 2.45) is 0 Å². The van der Waals surface area contributed by atoms with Crippen molar-refractivity contribution in [1.82, 2.24) is 15.1 Å². The molecule has 4 atom stereocenters. The number of rotatable bonds is 9. The van der Waals surface area contributed by atoms with Crippen LogP contribution in [-0.4, -0.2) is 71.2 Å². The SMILES string of the molecule is O=C(NCc1cccc(-c2ccc(C3OC(CN4CCCCC4)CC(c4ccc(CO)cc4)O3)cc2)c1)C1CCCN1C(=O)C(F)(F)F. The predicted molar refractivity (Wildman–Crippen MR) is 173 cm³/mol. The van der Waals surface area contributed by atoms with Crippen LogP contribution in [0.1, 0.15) is 73.2 Å². The number of halogens is 3. The highest BCUT2D eigenvalue weighted by atomic mass is 19.4. The van der Waals surface area contributed by atoms with Gasteiger partial charge in [0, 0.05) is 31.6 Å². The number of hydrogen-bond acceptors (Lipinski definition) is 6. The van der Waals surface area contributed by atoms with Crippen LogP contribution in [0.2, 0.25) is 0 Å². The van der Waals surface area contributed by atoms with Gasteiger partial charge in [-0.25, -0.2) is 0 Å². The number of piperidine rings is 1. The minimum atomic E-state index is -5.01. The van der Waals surface area contributed by atoms with Gasteiger partial charge in [-0.1, -0.05) is 73.2 Å². The van der Waals surface area contributed by atoms with Crippen molar-refractivity contribution in [2.75, 3.05) is 26.2 Å². The van der Waals surface area contributed by atoms with E-state index >= 15 is 0 Å². The third-order valence-corrected chi connectivity index (χ3v) is 9.49. The molecule has 3 heterocycles. The third kappa shape index (κ3) is 8.26. The molecule has 0 aliphatic carbocycles. The summed E-state index contributed by atoms with van der Waals surface area (Å²) in [5.74, 6) is -2.56. The number of alkyl halides is 3. The summed E-state index contributed by atoms with van der Waals surface area (Å²) in [6.07, 6.45) is -0.749. The molecule has 11 heteroatoms. The van der Waals surface area contributed by atoms with Gasteiger partial charge < -0.3 is 29.7 Å². The minimum absolute atomic E-state index is 0.00108. The molecule has 3 fully saturated rings. The summed E-state index contributed by atoms with van der Waals surface area (Å²) in [4.78, 5) is 27.7. The van der Waals surface area contributed by atoms with Crippen LogP contribution in [0.15, 0.2) is 72.8 Å². The molecule has 2 amide bonds. The highest BCUT2D eigenvalue weighted by molar-refractivity contribution is 5.90. The monoisotopic (exact) mass is 665 g/mol. The van der Waals surface area contributed by atoms with E-state index in [0.717, 1.165) is 59.4 Å². The molecule has 3 aromatic rings. The van der Waals surface area contributed by atoms with Crippen molar-refractivity contribution in [3.63, 3.8) is 0 Å². The molecule has 2 N–H and O–H groups in total. The van der Waals surface area contributed by atoms with E-state index in [0.29, 0.717) is 11.3 Å². The summed E-state index contributed by atoms with van der Waals surface area (Å²) in [5, 5.41) is 12.2. The quantitative estimate of drug-likeness (QED) is 0.290. The molecular formula is C37H42F3N3O5. The lowest BCUT2D eigenvalue weighted by molar-refractivity contribution is -0.253. The Hall–Kier alpha value is -3.77. The molecule has 3 aliphatic rings. The number of ether oxygens (including phenoxy) is 2. The number of carbonyl (C=O) groups is 2. The molecule has 256 valence electrons. The zero-order chi connectivity index (χ0) is 33.7. The number of likely N-dealkylation sites (tertiary alicyclic amines) is 2. The van der Waals surface area contributed by atoms with Crippen LogP contribution in [0.25, 0.3) is 11.1 Å². The second-order valence-corrected chi connectivity index (χ2v) is 12.9. The number of amides is 2. The van der Waals surface area contributed by atoms with E-state index in [1.807, 2.05) is 72.8 Å². The standard InChI is InChI=1S/C37H42F3N3O5/c38-37(39,40)36(46)43-19-5-8-32(43)34(45)41-22-26-6-4-7-30(20-26)27-13-15-29(16-14-27)35-47-31(23-42-17-2-1-3-18-42)21-33(48-35)28-11-9-25(24-44)10-12-28/h4,6-7,9-16,20,31-33,35,44H,1-3,5,8,17-19,21-24H2,(H,41,45). The lowest BCUT2D eigenvalue weighted by Crippen LogP contribution is -2.50. The molecule has 48 heavy (non-hydrogen) atoms. The van der Waals surface area contributed by atoms with E-state index in [1.54, 1.807) is 0 Å². The van der Waals surface area contributed by atoms with Crippen LogP contribution < -0.4 is 5.32 Å².